The molecule has 25 heavy (non-hydrogen) atoms. The molecule has 1 fully saturated rings. The van der Waals surface area contributed by atoms with Crippen molar-refractivity contribution in [2.24, 2.45) is 0 Å². The predicted octanol–water partition coefficient (Wildman–Crippen LogP) is 5.38. The Morgan fingerprint density at radius 3 is 2.32 bits per heavy atom. The summed E-state index contributed by atoms with van der Waals surface area (Å²) in [6.45, 7) is 1.51. The second-order valence-electron chi connectivity index (χ2n) is 6.54. The molecule has 3 rings (SSSR count). The van der Waals surface area contributed by atoms with E-state index in [9.17, 15) is 4.79 Å². The van der Waals surface area contributed by atoms with Crippen molar-refractivity contribution in [3.63, 3.8) is 0 Å². The number of carboxylic acids is 1. The monoisotopic (exact) mass is 340 g/mol. The molecule has 1 unspecified atom stereocenters. The number of carbonyl (C=O) groups is 1. The van der Waals surface area contributed by atoms with E-state index in [4.69, 9.17) is 14.6 Å². The maximum atomic E-state index is 10.8. The number of hydrogen-bond donors (Lipinski definition) is 1. The van der Waals surface area contributed by atoms with E-state index in [1.54, 1.807) is 12.1 Å². The fourth-order valence-corrected chi connectivity index (χ4v) is 3.29. The van der Waals surface area contributed by atoms with Crippen molar-refractivity contribution in [1.29, 1.82) is 0 Å². The Hall–Kier alpha value is -2.49. The average molecular weight is 340 g/mol. The minimum Gasteiger partial charge on any atom is -0.479 e. The third kappa shape index (κ3) is 4.53. The largest absolute Gasteiger partial charge is 0.479 e. The molecule has 1 aliphatic rings. The lowest BCUT2D eigenvalue weighted by atomic mass is 9.84. The number of carboxylic acid groups (broad SMARTS) is 1. The summed E-state index contributed by atoms with van der Waals surface area (Å²) >= 11 is 0. The fourth-order valence-electron chi connectivity index (χ4n) is 3.29. The van der Waals surface area contributed by atoms with Crippen molar-refractivity contribution in [2.75, 3.05) is 0 Å². The summed E-state index contributed by atoms with van der Waals surface area (Å²) in [6.07, 6.45) is 5.47. The third-order valence-electron chi connectivity index (χ3n) is 4.68. The molecular weight excluding hydrogens is 316 g/mol. The Bertz CT molecular complexity index is 702. The first-order chi connectivity index (χ1) is 12.1. The highest BCUT2D eigenvalue weighted by molar-refractivity contribution is 5.72. The number of rotatable bonds is 6. The van der Waals surface area contributed by atoms with Gasteiger partial charge < -0.3 is 14.6 Å². The van der Waals surface area contributed by atoms with Gasteiger partial charge in [0, 0.05) is 0 Å². The lowest BCUT2D eigenvalue weighted by Gasteiger charge is -2.24. The number of hydrogen-bond acceptors (Lipinski definition) is 3. The quantitative estimate of drug-likeness (QED) is 0.767. The smallest absolute Gasteiger partial charge is 0.344 e. The van der Waals surface area contributed by atoms with Gasteiger partial charge in [0.1, 0.15) is 17.2 Å². The van der Waals surface area contributed by atoms with Gasteiger partial charge in [0.25, 0.3) is 0 Å². The average Bonchev–Trinajstić information content (AvgIpc) is 2.64. The van der Waals surface area contributed by atoms with Gasteiger partial charge in [0.2, 0.25) is 0 Å². The molecule has 1 atom stereocenters. The first-order valence-electron chi connectivity index (χ1n) is 8.90. The van der Waals surface area contributed by atoms with Gasteiger partial charge in [-0.1, -0.05) is 37.5 Å². The van der Waals surface area contributed by atoms with Crippen molar-refractivity contribution in [1.82, 2.24) is 0 Å². The molecule has 1 saturated carbocycles. The van der Waals surface area contributed by atoms with E-state index < -0.39 is 12.1 Å². The molecule has 4 heteroatoms. The molecule has 132 valence electrons. The lowest BCUT2D eigenvalue weighted by molar-refractivity contribution is -0.144. The Labute approximate surface area is 148 Å². The summed E-state index contributed by atoms with van der Waals surface area (Å²) in [4.78, 5) is 10.8. The molecule has 0 spiro atoms. The van der Waals surface area contributed by atoms with E-state index in [0.29, 0.717) is 11.7 Å². The molecule has 0 saturated heterocycles. The SMILES string of the molecule is CC(Oc1ccc(Oc2ccccc2C2CCCCC2)cc1)C(=O)O. The van der Waals surface area contributed by atoms with Crippen LogP contribution in [-0.2, 0) is 4.79 Å². The number of para-hydroxylation sites is 1. The Kier molecular flexibility index (Phi) is 5.59. The summed E-state index contributed by atoms with van der Waals surface area (Å²) < 4.78 is 11.4. The highest BCUT2D eigenvalue weighted by Gasteiger charge is 2.19. The molecule has 0 amide bonds. The molecule has 0 aliphatic heterocycles. The molecule has 0 bridgehead atoms. The predicted molar refractivity (Wildman–Crippen MR) is 96.5 cm³/mol. The van der Waals surface area contributed by atoms with Crippen molar-refractivity contribution in [3.05, 3.63) is 54.1 Å². The van der Waals surface area contributed by atoms with Crippen molar-refractivity contribution >= 4 is 5.97 Å². The minimum absolute atomic E-state index is 0.516. The maximum absolute atomic E-state index is 10.8. The molecular formula is C21H24O4. The van der Waals surface area contributed by atoms with Gasteiger partial charge in [-0.25, -0.2) is 4.79 Å². The molecule has 2 aromatic carbocycles. The van der Waals surface area contributed by atoms with Crippen LogP contribution in [-0.4, -0.2) is 17.2 Å². The van der Waals surface area contributed by atoms with E-state index in [2.05, 4.69) is 12.1 Å². The minimum atomic E-state index is -0.985. The highest BCUT2D eigenvalue weighted by Crippen LogP contribution is 2.38. The maximum Gasteiger partial charge on any atom is 0.344 e. The Morgan fingerprint density at radius 2 is 1.64 bits per heavy atom. The van der Waals surface area contributed by atoms with Crippen LogP contribution in [0.1, 0.15) is 50.5 Å². The van der Waals surface area contributed by atoms with E-state index in [0.717, 1.165) is 11.5 Å². The number of benzene rings is 2. The van der Waals surface area contributed by atoms with Gasteiger partial charge in [0.05, 0.1) is 0 Å². The van der Waals surface area contributed by atoms with Crippen molar-refractivity contribution in [3.8, 4) is 17.2 Å². The number of aliphatic carboxylic acids is 1. The summed E-state index contributed by atoms with van der Waals surface area (Å²) in [5.74, 6) is 1.73. The van der Waals surface area contributed by atoms with Gasteiger partial charge in [-0.3, -0.25) is 0 Å². The molecule has 4 nitrogen and oxygen atoms in total. The van der Waals surface area contributed by atoms with Crippen LogP contribution in [0.2, 0.25) is 0 Å². The fraction of sp³-hybridized carbons (Fsp3) is 0.381. The summed E-state index contributed by atoms with van der Waals surface area (Å²) in [5, 5.41) is 8.90. The molecule has 0 aromatic heterocycles. The van der Waals surface area contributed by atoms with Crippen LogP contribution in [0.3, 0.4) is 0 Å². The van der Waals surface area contributed by atoms with Crippen LogP contribution in [0.5, 0.6) is 17.2 Å². The van der Waals surface area contributed by atoms with Gasteiger partial charge in [-0.15, -0.1) is 0 Å². The van der Waals surface area contributed by atoms with E-state index in [1.165, 1.54) is 44.6 Å². The molecule has 2 aromatic rings. The van der Waals surface area contributed by atoms with Crippen LogP contribution >= 0.6 is 0 Å². The van der Waals surface area contributed by atoms with Crippen molar-refractivity contribution in [2.45, 2.75) is 51.0 Å². The van der Waals surface area contributed by atoms with Crippen LogP contribution in [0.4, 0.5) is 0 Å². The molecule has 0 heterocycles. The zero-order valence-electron chi connectivity index (χ0n) is 14.5. The topological polar surface area (TPSA) is 55.8 Å². The van der Waals surface area contributed by atoms with E-state index >= 15 is 0 Å². The third-order valence-corrected chi connectivity index (χ3v) is 4.68. The van der Waals surface area contributed by atoms with E-state index in [-0.39, 0.29) is 0 Å². The van der Waals surface area contributed by atoms with Gasteiger partial charge in [0.15, 0.2) is 6.10 Å². The standard InChI is InChI=1S/C21H24O4/c1-15(21(22)23)24-17-11-13-18(14-12-17)25-20-10-6-5-9-19(20)16-7-3-2-4-8-16/h5-6,9-16H,2-4,7-8H2,1H3,(H,22,23). The summed E-state index contributed by atoms with van der Waals surface area (Å²) in [7, 11) is 0. The van der Waals surface area contributed by atoms with E-state index in [1.807, 2.05) is 24.3 Å². The van der Waals surface area contributed by atoms with Crippen LogP contribution in [0, 0.1) is 0 Å². The van der Waals surface area contributed by atoms with Crippen LogP contribution in [0.25, 0.3) is 0 Å². The Morgan fingerprint density at radius 1 is 1.00 bits per heavy atom. The zero-order valence-corrected chi connectivity index (χ0v) is 14.5. The van der Waals surface area contributed by atoms with Crippen molar-refractivity contribution < 1.29 is 19.4 Å². The Balaban J connectivity index is 1.71. The number of ether oxygens (including phenoxy) is 2. The normalized spacial score (nSPS) is 16.2. The van der Waals surface area contributed by atoms with Gasteiger partial charge >= 0.3 is 5.97 Å². The first-order valence-corrected chi connectivity index (χ1v) is 8.90. The van der Waals surface area contributed by atoms with Crippen LogP contribution < -0.4 is 9.47 Å². The lowest BCUT2D eigenvalue weighted by Crippen LogP contribution is -2.22. The van der Waals surface area contributed by atoms with Gasteiger partial charge in [-0.05, 0) is 61.6 Å². The highest BCUT2D eigenvalue weighted by atomic mass is 16.5. The molecule has 1 N–H and O–H groups in total. The molecule has 0 radical (unpaired) electrons. The van der Waals surface area contributed by atoms with Gasteiger partial charge in [-0.2, -0.15) is 0 Å². The second-order valence-corrected chi connectivity index (χ2v) is 6.54. The zero-order chi connectivity index (χ0) is 17.6. The van der Waals surface area contributed by atoms with Crippen LogP contribution in [0.15, 0.2) is 48.5 Å². The summed E-state index contributed by atoms with van der Waals surface area (Å²) in [6, 6.07) is 15.3. The second kappa shape index (κ2) is 8.06. The molecule has 1 aliphatic carbocycles. The first kappa shape index (κ1) is 17.3. The summed E-state index contributed by atoms with van der Waals surface area (Å²) in [5.41, 5.74) is 1.28.